The molecule has 0 saturated carbocycles. The molecule has 6 nitrogen and oxygen atoms in total. The zero-order valence-corrected chi connectivity index (χ0v) is 12.7. The van der Waals surface area contributed by atoms with E-state index in [0.717, 1.165) is 12.8 Å². The number of carbonyl (C=O) groups is 2. The minimum Gasteiger partial charge on any atom is -0.480 e. The lowest BCUT2D eigenvalue weighted by molar-refractivity contribution is -0.143. The molecule has 2 heterocycles. The largest absolute Gasteiger partial charge is 0.480 e. The molecule has 0 bridgehead atoms. The van der Waals surface area contributed by atoms with E-state index in [0.29, 0.717) is 22.8 Å². The van der Waals surface area contributed by atoms with Crippen LogP contribution in [0, 0.1) is 0 Å². The van der Waals surface area contributed by atoms with E-state index in [1.807, 2.05) is 6.92 Å². The van der Waals surface area contributed by atoms with Crippen LogP contribution in [0.25, 0.3) is 0 Å². The molecule has 0 spiro atoms. The van der Waals surface area contributed by atoms with E-state index in [-0.39, 0.29) is 19.1 Å². The predicted octanol–water partition coefficient (Wildman–Crippen LogP) is 1.91. The van der Waals surface area contributed by atoms with Crippen LogP contribution in [0.1, 0.15) is 19.8 Å². The Labute approximate surface area is 125 Å². The van der Waals surface area contributed by atoms with Crippen LogP contribution in [-0.2, 0) is 14.3 Å². The molecule has 7 heteroatoms. The topological polar surface area (TPSA) is 68.7 Å². The van der Waals surface area contributed by atoms with Crippen LogP contribution in [0.3, 0.4) is 0 Å². The maximum Gasteiger partial charge on any atom is 0.326 e. The third-order valence-corrected chi connectivity index (χ3v) is 3.20. The molecule has 1 aliphatic rings. The van der Waals surface area contributed by atoms with Crippen LogP contribution in [0.2, 0.25) is 0 Å². The summed E-state index contributed by atoms with van der Waals surface area (Å²) in [4.78, 5) is 29.1. The Morgan fingerprint density at radius 1 is 1.55 bits per heavy atom. The summed E-state index contributed by atoms with van der Waals surface area (Å²) in [5.74, 6) is 0.0641. The Hall–Kier alpha value is -1.63. The quantitative estimate of drug-likeness (QED) is 0.464. The van der Waals surface area contributed by atoms with Gasteiger partial charge in [-0.3, -0.25) is 14.5 Å². The summed E-state index contributed by atoms with van der Waals surface area (Å²) >= 11 is 3.23. The molecule has 108 valence electrons. The summed E-state index contributed by atoms with van der Waals surface area (Å²) in [6.45, 7) is 2.13. The molecular formula is C13H15BrN2O4. The number of hydrogen-bond donors (Lipinski definition) is 0. The molecule has 0 unspecified atom stereocenters. The first-order chi connectivity index (χ1) is 9.61. The number of hydrogen-bond acceptors (Lipinski definition) is 5. The molecule has 2 rings (SSSR count). The van der Waals surface area contributed by atoms with Gasteiger partial charge in [0, 0.05) is 0 Å². The molecule has 1 aromatic heterocycles. The normalized spacial score (nSPS) is 13.7. The van der Waals surface area contributed by atoms with Crippen molar-refractivity contribution in [3.05, 3.63) is 16.7 Å². The molecule has 0 N–H and O–H groups in total. The highest BCUT2D eigenvalue weighted by atomic mass is 79.9. The molecule has 1 amide bonds. The Kier molecular flexibility index (Phi) is 4.94. The van der Waals surface area contributed by atoms with E-state index >= 15 is 0 Å². The highest BCUT2D eigenvalue weighted by Gasteiger charge is 2.29. The molecule has 0 atom stereocenters. The third kappa shape index (κ3) is 3.47. The zero-order chi connectivity index (χ0) is 14.5. The second kappa shape index (κ2) is 6.69. The van der Waals surface area contributed by atoms with Gasteiger partial charge in [0.15, 0.2) is 18.2 Å². The first-order valence-electron chi connectivity index (χ1n) is 6.37. The summed E-state index contributed by atoms with van der Waals surface area (Å²) in [6.07, 6.45) is 1.75. The third-order valence-electron chi connectivity index (χ3n) is 2.76. The van der Waals surface area contributed by atoms with Gasteiger partial charge in [0.25, 0.3) is 5.91 Å². The van der Waals surface area contributed by atoms with E-state index in [1.165, 1.54) is 4.90 Å². The fourth-order valence-corrected chi connectivity index (χ4v) is 2.02. The minimum absolute atomic E-state index is 0.0987. The van der Waals surface area contributed by atoms with Crippen molar-refractivity contribution < 1.29 is 19.1 Å². The maximum atomic E-state index is 11.9. The minimum atomic E-state index is -0.443. The molecule has 0 fully saturated rings. The van der Waals surface area contributed by atoms with Crippen LogP contribution in [0.4, 0.5) is 5.82 Å². The van der Waals surface area contributed by atoms with Gasteiger partial charge < -0.3 is 9.47 Å². The maximum absolute atomic E-state index is 11.9. The molecule has 1 aliphatic heterocycles. The van der Waals surface area contributed by atoms with Crippen molar-refractivity contribution in [2.45, 2.75) is 19.8 Å². The summed E-state index contributed by atoms with van der Waals surface area (Å²) in [6, 6.07) is 3.42. The van der Waals surface area contributed by atoms with Crippen molar-refractivity contribution in [1.82, 2.24) is 4.98 Å². The van der Waals surface area contributed by atoms with Crippen LogP contribution < -0.4 is 9.64 Å². The van der Waals surface area contributed by atoms with Gasteiger partial charge in [-0.25, -0.2) is 4.98 Å². The summed E-state index contributed by atoms with van der Waals surface area (Å²) in [7, 11) is 0. The lowest BCUT2D eigenvalue weighted by atomic mass is 10.3. The van der Waals surface area contributed by atoms with Gasteiger partial charge in [0.05, 0.1) is 6.61 Å². The Morgan fingerprint density at radius 2 is 2.35 bits per heavy atom. The fraction of sp³-hybridized carbons (Fsp3) is 0.462. The molecule has 20 heavy (non-hydrogen) atoms. The number of amides is 1. The van der Waals surface area contributed by atoms with E-state index in [2.05, 4.69) is 20.9 Å². The van der Waals surface area contributed by atoms with Gasteiger partial charge >= 0.3 is 5.97 Å². The number of ether oxygens (including phenoxy) is 2. The van der Waals surface area contributed by atoms with Crippen molar-refractivity contribution in [2.24, 2.45) is 0 Å². The van der Waals surface area contributed by atoms with Crippen LogP contribution >= 0.6 is 15.9 Å². The van der Waals surface area contributed by atoms with E-state index in [1.54, 1.807) is 12.1 Å². The molecular weight excluding hydrogens is 328 g/mol. The average Bonchev–Trinajstić information content (AvgIpc) is 2.42. The first kappa shape index (κ1) is 14.8. The van der Waals surface area contributed by atoms with Crippen LogP contribution in [0.15, 0.2) is 16.7 Å². The number of aromatic nitrogens is 1. The fourth-order valence-electron chi connectivity index (χ4n) is 1.72. The van der Waals surface area contributed by atoms with Gasteiger partial charge in [-0.2, -0.15) is 0 Å². The van der Waals surface area contributed by atoms with Gasteiger partial charge in [0.2, 0.25) is 0 Å². The van der Waals surface area contributed by atoms with Crippen molar-refractivity contribution >= 4 is 33.6 Å². The first-order valence-corrected chi connectivity index (χ1v) is 7.16. The second-order valence-electron chi connectivity index (χ2n) is 4.30. The number of rotatable bonds is 5. The lowest BCUT2D eigenvalue weighted by Gasteiger charge is -2.27. The van der Waals surface area contributed by atoms with Crippen molar-refractivity contribution in [2.75, 3.05) is 24.7 Å². The number of halogens is 1. The highest BCUT2D eigenvalue weighted by Crippen LogP contribution is 2.31. The van der Waals surface area contributed by atoms with Gasteiger partial charge in [-0.15, -0.1) is 0 Å². The number of esters is 1. The molecule has 0 aromatic carbocycles. The number of nitrogens with zero attached hydrogens (tertiary/aromatic N) is 2. The summed E-state index contributed by atoms with van der Waals surface area (Å²) < 4.78 is 10.9. The Morgan fingerprint density at radius 3 is 3.10 bits per heavy atom. The molecule has 1 aromatic rings. The zero-order valence-electron chi connectivity index (χ0n) is 11.1. The molecule has 0 saturated heterocycles. The Bertz CT molecular complexity index is 521. The SMILES string of the molecule is CCCCOC(=O)CN1C(=O)COc2ccc(Br)nc21. The summed E-state index contributed by atoms with van der Waals surface area (Å²) in [5, 5.41) is 0. The van der Waals surface area contributed by atoms with E-state index in [9.17, 15) is 9.59 Å². The standard InChI is InChI=1S/C13H15BrN2O4/c1-2-3-6-19-12(18)7-16-11(17)8-20-9-4-5-10(14)15-13(9)16/h4-5H,2-3,6-8H2,1H3. The highest BCUT2D eigenvalue weighted by molar-refractivity contribution is 9.10. The van der Waals surface area contributed by atoms with Gasteiger partial charge in [-0.05, 0) is 34.5 Å². The number of anilines is 1. The number of fused-ring (bicyclic) bond motifs is 1. The van der Waals surface area contributed by atoms with Crippen molar-refractivity contribution in [3.8, 4) is 5.75 Å². The molecule has 0 radical (unpaired) electrons. The monoisotopic (exact) mass is 342 g/mol. The van der Waals surface area contributed by atoms with E-state index < -0.39 is 5.97 Å². The number of pyridine rings is 1. The number of carbonyl (C=O) groups excluding carboxylic acids is 2. The molecule has 0 aliphatic carbocycles. The van der Waals surface area contributed by atoms with Gasteiger partial charge in [-0.1, -0.05) is 13.3 Å². The van der Waals surface area contributed by atoms with Crippen molar-refractivity contribution in [1.29, 1.82) is 0 Å². The van der Waals surface area contributed by atoms with Crippen molar-refractivity contribution in [3.63, 3.8) is 0 Å². The summed E-state index contributed by atoms with van der Waals surface area (Å²) in [5.41, 5.74) is 0. The second-order valence-corrected chi connectivity index (χ2v) is 5.11. The van der Waals surface area contributed by atoms with Gasteiger partial charge in [0.1, 0.15) is 11.1 Å². The van der Waals surface area contributed by atoms with Crippen LogP contribution in [-0.4, -0.2) is 36.6 Å². The van der Waals surface area contributed by atoms with Crippen LogP contribution in [0.5, 0.6) is 5.75 Å². The average molecular weight is 343 g/mol. The smallest absolute Gasteiger partial charge is 0.326 e. The Balaban J connectivity index is 2.09. The van der Waals surface area contributed by atoms with E-state index in [4.69, 9.17) is 9.47 Å². The lowest BCUT2D eigenvalue weighted by Crippen LogP contribution is -2.43. The number of unbranched alkanes of at least 4 members (excludes halogenated alkanes) is 1. The predicted molar refractivity (Wildman–Crippen MR) is 75.7 cm³/mol.